The number of amides is 1. The summed E-state index contributed by atoms with van der Waals surface area (Å²) >= 11 is 0. The number of phosphoric acid groups is 1. The summed E-state index contributed by atoms with van der Waals surface area (Å²) in [7, 11) is 1.22. The average molecular weight is 933 g/mol. The van der Waals surface area contributed by atoms with E-state index in [-0.39, 0.29) is 12.5 Å². The van der Waals surface area contributed by atoms with Crippen molar-refractivity contribution in [3.8, 4) is 0 Å². The standard InChI is InChI=1S/C56H105N2O6P/c1-6-8-10-12-14-16-18-20-22-23-24-25-26-27-28-29-30-31-32-33-34-36-37-39-41-43-45-47-49-55(59)54(53-64-65(61,62)63-52-51-58(3,4)5)57-56(60)50-48-46-44-42-40-38-35-21-19-17-15-13-11-9-7-2/h15,17,21,33-35,39,41,47,49,54-55,59H,6-14,16,18-20,22-32,36-38,40,42-46,48,50-53H2,1-5H3,(H-,57,60,61,62)/b17-15-,34-33+,35-21-,41-39+,49-47+. The van der Waals surface area contributed by atoms with Crippen molar-refractivity contribution in [3.63, 3.8) is 0 Å². The lowest BCUT2D eigenvalue weighted by atomic mass is 10.0. The predicted molar refractivity (Wildman–Crippen MR) is 279 cm³/mol. The summed E-state index contributed by atoms with van der Waals surface area (Å²) in [5, 5.41) is 13.8. The number of nitrogens with zero attached hydrogens (tertiary/aromatic N) is 1. The molecule has 0 aromatic rings. The fourth-order valence-electron chi connectivity index (χ4n) is 7.63. The van der Waals surface area contributed by atoms with Gasteiger partial charge in [0.15, 0.2) is 0 Å². The number of allylic oxidation sites excluding steroid dienone is 9. The Labute approximate surface area is 402 Å². The van der Waals surface area contributed by atoms with Crippen LogP contribution in [0.15, 0.2) is 60.8 Å². The van der Waals surface area contributed by atoms with Gasteiger partial charge in [-0.2, -0.15) is 0 Å². The van der Waals surface area contributed by atoms with Gasteiger partial charge in [-0.15, -0.1) is 0 Å². The van der Waals surface area contributed by atoms with E-state index in [0.29, 0.717) is 17.4 Å². The van der Waals surface area contributed by atoms with E-state index in [9.17, 15) is 19.4 Å². The van der Waals surface area contributed by atoms with E-state index in [4.69, 9.17) is 9.05 Å². The largest absolute Gasteiger partial charge is 0.756 e. The molecular weight excluding hydrogens is 828 g/mol. The Morgan fingerprint density at radius 3 is 1.37 bits per heavy atom. The van der Waals surface area contributed by atoms with E-state index >= 15 is 0 Å². The second-order valence-electron chi connectivity index (χ2n) is 19.6. The number of unbranched alkanes of at least 4 members (excludes halogenated alkanes) is 28. The molecule has 65 heavy (non-hydrogen) atoms. The zero-order chi connectivity index (χ0) is 47.8. The molecule has 0 bridgehead atoms. The van der Waals surface area contributed by atoms with Crippen LogP contribution in [0, 0.1) is 0 Å². The number of hydrogen-bond acceptors (Lipinski definition) is 6. The molecule has 0 aliphatic heterocycles. The number of hydrogen-bond donors (Lipinski definition) is 2. The maximum absolute atomic E-state index is 12.9. The van der Waals surface area contributed by atoms with Gasteiger partial charge in [-0.25, -0.2) is 0 Å². The molecule has 9 heteroatoms. The fourth-order valence-corrected chi connectivity index (χ4v) is 8.35. The van der Waals surface area contributed by atoms with Crippen LogP contribution in [-0.4, -0.2) is 68.5 Å². The van der Waals surface area contributed by atoms with E-state index in [2.05, 4.69) is 67.8 Å². The first kappa shape index (κ1) is 63.2. The molecule has 0 heterocycles. The van der Waals surface area contributed by atoms with Crippen molar-refractivity contribution >= 4 is 13.7 Å². The van der Waals surface area contributed by atoms with Crippen LogP contribution in [0.1, 0.15) is 239 Å². The van der Waals surface area contributed by atoms with Gasteiger partial charge < -0.3 is 28.8 Å². The third kappa shape index (κ3) is 49.9. The van der Waals surface area contributed by atoms with Crippen molar-refractivity contribution in [1.29, 1.82) is 0 Å². The fraction of sp³-hybridized carbons (Fsp3) is 0.804. The molecule has 2 N–H and O–H groups in total. The van der Waals surface area contributed by atoms with E-state index in [1.54, 1.807) is 6.08 Å². The maximum atomic E-state index is 12.9. The molecule has 0 spiro atoms. The molecule has 380 valence electrons. The van der Waals surface area contributed by atoms with Crippen molar-refractivity contribution in [1.82, 2.24) is 5.32 Å². The molecule has 0 saturated heterocycles. The molecule has 0 aromatic carbocycles. The number of carbonyl (C=O) groups excluding carboxylic acids is 1. The SMILES string of the molecule is CCCCC/C=C\C/C=C\CCCCCCCC(=O)NC(COP(=O)([O-])OCC[N+](C)(C)C)C(O)/C=C/CC/C=C/CC/C=C/CCCCCCCCCCCCCCCCCCCC. The summed E-state index contributed by atoms with van der Waals surface area (Å²) in [6, 6.07) is -0.919. The summed E-state index contributed by atoms with van der Waals surface area (Å²) in [6.07, 6.45) is 63.0. The Kier molecular flexibility index (Phi) is 46.0. The molecular formula is C56H105N2O6P. The number of rotatable bonds is 49. The highest BCUT2D eigenvalue weighted by atomic mass is 31.2. The van der Waals surface area contributed by atoms with Gasteiger partial charge in [0.25, 0.3) is 7.82 Å². The molecule has 0 aliphatic carbocycles. The molecule has 0 fully saturated rings. The third-order valence-electron chi connectivity index (χ3n) is 11.9. The second kappa shape index (κ2) is 47.3. The second-order valence-corrected chi connectivity index (χ2v) is 21.0. The van der Waals surface area contributed by atoms with Gasteiger partial charge in [-0.3, -0.25) is 9.36 Å². The molecule has 3 atom stereocenters. The lowest BCUT2D eigenvalue weighted by molar-refractivity contribution is -0.870. The quantitative estimate of drug-likeness (QED) is 0.0272. The summed E-state index contributed by atoms with van der Waals surface area (Å²) in [6.45, 7) is 4.59. The average Bonchev–Trinajstić information content (AvgIpc) is 3.26. The van der Waals surface area contributed by atoms with Gasteiger partial charge in [0.2, 0.25) is 5.91 Å². The Bertz CT molecular complexity index is 1240. The number of nitrogens with one attached hydrogen (secondary N) is 1. The predicted octanol–water partition coefficient (Wildman–Crippen LogP) is 15.5. The van der Waals surface area contributed by atoms with Crippen LogP contribution in [-0.2, 0) is 18.4 Å². The lowest BCUT2D eigenvalue weighted by Gasteiger charge is -2.29. The van der Waals surface area contributed by atoms with Crippen LogP contribution in [0.25, 0.3) is 0 Å². The number of carbonyl (C=O) groups is 1. The van der Waals surface area contributed by atoms with Gasteiger partial charge in [-0.05, 0) is 77.0 Å². The highest BCUT2D eigenvalue weighted by Crippen LogP contribution is 2.38. The van der Waals surface area contributed by atoms with E-state index in [1.165, 1.54) is 148 Å². The van der Waals surface area contributed by atoms with E-state index in [0.717, 1.165) is 70.6 Å². The van der Waals surface area contributed by atoms with Gasteiger partial charge in [0, 0.05) is 6.42 Å². The topological polar surface area (TPSA) is 108 Å². The highest BCUT2D eigenvalue weighted by Gasteiger charge is 2.23. The molecule has 0 radical (unpaired) electrons. The lowest BCUT2D eigenvalue weighted by Crippen LogP contribution is -2.45. The molecule has 3 unspecified atom stereocenters. The molecule has 0 aromatic heterocycles. The number of phosphoric ester groups is 1. The van der Waals surface area contributed by atoms with Crippen LogP contribution >= 0.6 is 7.82 Å². The zero-order valence-corrected chi connectivity index (χ0v) is 44.1. The maximum Gasteiger partial charge on any atom is 0.268 e. The van der Waals surface area contributed by atoms with Crippen LogP contribution in [0.2, 0.25) is 0 Å². The number of quaternary nitrogens is 1. The number of aliphatic hydroxyl groups excluding tert-OH is 1. The van der Waals surface area contributed by atoms with Crippen molar-refractivity contribution in [3.05, 3.63) is 60.8 Å². The third-order valence-corrected chi connectivity index (χ3v) is 12.9. The molecule has 0 rings (SSSR count). The number of likely N-dealkylation sites (N-methyl/N-ethyl adjacent to an activating group) is 1. The minimum Gasteiger partial charge on any atom is -0.756 e. The minimum atomic E-state index is -4.61. The first-order valence-corrected chi connectivity index (χ1v) is 28.6. The van der Waals surface area contributed by atoms with Crippen LogP contribution in [0.5, 0.6) is 0 Å². The monoisotopic (exact) mass is 933 g/mol. The first-order chi connectivity index (χ1) is 31.5. The smallest absolute Gasteiger partial charge is 0.268 e. The van der Waals surface area contributed by atoms with Crippen LogP contribution in [0.4, 0.5) is 0 Å². The van der Waals surface area contributed by atoms with Crippen LogP contribution in [0.3, 0.4) is 0 Å². The van der Waals surface area contributed by atoms with Crippen molar-refractivity contribution < 1.29 is 32.9 Å². The van der Waals surface area contributed by atoms with Gasteiger partial charge in [0.1, 0.15) is 13.2 Å². The highest BCUT2D eigenvalue weighted by molar-refractivity contribution is 7.45. The molecule has 8 nitrogen and oxygen atoms in total. The summed E-state index contributed by atoms with van der Waals surface area (Å²) in [5.74, 6) is -0.226. The van der Waals surface area contributed by atoms with Gasteiger partial charge in [0.05, 0.1) is 39.9 Å². The summed E-state index contributed by atoms with van der Waals surface area (Å²) in [4.78, 5) is 25.4. The Morgan fingerprint density at radius 1 is 0.538 bits per heavy atom. The minimum absolute atomic E-state index is 0.0139. The Hall–Kier alpha value is -1.80. The molecule has 0 aliphatic rings. The zero-order valence-electron chi connectivity index (χ0n) is 43.2. The van der Waals surface area contributed by atoms with Crippen molar-refractivity contribution in [2.45, 2.75) is 251 Å². The van der Waals surface area contributed by atoms with E-state index in [1.807, 2.05) is 27.2 Å². The molecule has 1 amide bonds. The molecule has 0 saturated carbocycles. The van der Waals surface area contributed by atoms with Gasteiger partial charge >= 0.3 is 0 Å². The van der Waals surface area contributed by atoms with Crippen molar-refractivity contribution in [2.24, 2.45) is 0 Å². The Morgan fingerprint density at radius 2 is 0.908 bits per heavy atom. The van der Waals surface area contributed by atoms with E-state index < -0.39 is 26.6 Å². The number of aliphatic hydroxyl groups is 1. The first-order valence-electron chi connectivity index (χ1n) is 27.2. The van der Waals surface area contributed by atoms with Crippen molar-refractivity contribution in [2.75, 3.05) is 40.9 Å². The van der Waals surface area contributed by atoms with Crippen LogP contribution < -0.4 is 10.2 Å². The summed E-state index contributed by atoms with van der Waals surface area (Å²) in [5.41, 5.74) is 0. The Balaban J connectivity index is 4.30. The normalized spacial score (nSPS) is 14.5. The van der Waals surface area contributed by atoms with Gasteiger partial charge in [-0.1, -0.05) is 216 Å². The summed E-state index contributed by atoms with van der Waals surface area (Å²) < 4.78 is 23.3.